The summed E-state index contributed by atoms with van der Waals surface area (Å²) in [6.45, 7) is 3.84. The summed E-state index contributed by atoms with van der Waals surface area (Å²) in [7, 11) is 0. The zero-order valence-corrected chi connectivity index (χ0v) is 17.2. The first-order valence-electron chi connectivity index (χ1n) is 9.33. The minimum absolute atomic E-state index is 0.102. The Balaban J connectivity index is 1.83. The average molecular weight is 458 g/mol. The summed E-state index contributed by atoms with van der Waals surface area (Å²) >= 11 is 6.31. The Labute approximate surface area is 180 Å². The highest BCUT2D eigenvalue weighted by Gasteiger charge is 2.27. The summed E-state index contributed by atoms with van der Waals surface area (Å²) in [6, 6.07) is 5.69. The van der Waals surface area contributed by atoms with Crippen molar-refractivity contribution in [1.29, 1.82) is 0 Å². The lowest BCUT2D eigenvalue weighted by atomic mass is 10.0. The van der Waals surface area contributed by atoms with Crippen LogP contribution in [-0.4, -0.2) is 9.97 Å². The Morgan fingerprint density at radius 3 is 2.03 bits per heavy atom. The van der Waals surface area contributed by atoms with Gasteiger partial charge in [0.05, 0.1) is 11.7 Å². The molecule has 0 fully saturated rings. The molecule has 2 aromatic carbocycles. The predicted octanol–water partition coefficient (Wildman–Crippen LogP) is 6.74. The molecular formula is C21H17ClF5N3O. The van der Waals surface area contributed by atoms with Crippen LogP contribution in [0.3, 0.4) is 0 Å². The van der Waals surface area contributed by atoms with Crippen LogP contribution in [-0.2, 0) is 6.42 Å². The molecule has 4 nitrogen and oxygen atoms in total. The zero-order chi connectivity index (χ0) is 22.7. The number of benzene rings is 2. The molecule has 1 aromatic heterocycles. The van der Waals surface area contributed by atoms with Crippen LogP contribution >= 0.6 is 11.6 Å². The van der Waals surface area contributed by atoms with Gasteiger partial charge in [-0.05, 0) is 30.5 Å². The van der Waals surface area contributed by atoms with Gasteiger partial charge in [0.2, 0.25) is 34.8 Å². The molecular weight excluding hydrogens is 441 g/mol. The minimum atomic E-state index is -2.25. The van der Waals surface area contributed by atoms with E-state index in [-0.39, 0.29) is 11.8 Å². The van der Waals surface area contributed by atoms with Crippen LogP contribution in [0.5, 0.6) is 11.5 Å². The SMILES string of the molecule is CCc1ncnc(N[C@H](CC)c2ccc(Oc3c(F)c(F)c(F)c(F)c3F)cc2)c1Cl. The fourth-order valence-corrected chi connectivity index (χ4v) is 3.19. The van der Waals surface area contributed by atoms with Gasteiger partial charge in [-0.25, -0.2) is 23.1 Å². The van der Waals surface area contributed by atoms with E-state index in [4.69, 9.17) is 16.3 Å². The van der Waals surface area contributed by atoms with Gasteiger partial charge < -0.3 is 10.1 Å². The second-order valence-corrected chi connectivity index (χ2v) is 6.89. The highest BCUT2D eigenvalue weighted by molar-refractivity contribution is 6.33. The standard InChI is InChI=1S/C21H17ClF5N3O/c1-3-12(30-21-14(22)13(4-2)28-9-29-21)10-5-7-11(8-6-10)31-20-18(26)16(24)15(23)17(25)19(20)27/h5-9,12H,3-4H2,1-2H3,(H,28,29,30)/t12-/m1/s1. The van der Waals surface area contributed by atoms with Crippen molar-refractivity contribution in [1.82, 2.24) is 9.97 Å². The van der Waals surface area contributed by atoms with Crippen LogP contribution in [0.2, 0.25) is 5.02 Å². The van der Waals surface area contributed by atoms with Crippen LogP contribution < -0.4 is 10.1 Å². The third kappa shape index (κ3) is 4.56. The van der Waals surface area contributed by atoms with Gasteiger partial charge in [0.25, 0.3) is 0 Å². The second kappa shape index (κ2) is 9.47. The van der Waals surface area contributed by atoms with E-state index in [0.29, 0.717) is 29.4 Å². The maximum Gasteiger partial charge on any atom is 0.207 e. The van der Waals surface area contributed by atoms with E-state index in [0.717, 1.165) is 5.56 Å². The number of halogens is 6. The fraction of sp³-hybridized carbons (Fsp3) is 0.238. The van der Waals surface area contributed by atoms with Gasteiger partial charge >= 0.3 is 0 Å². The Morgan fingerprint density at radius 1 is 0.903 bits per heavy atom. The lowest BCUT2D eigenvalue weighted by molar-refractivity contribution is 0.332. The van der Waals surface area contributed by atoms with Crippen molar-refractivity contribution < 1.29 is 26.7 Å². The monoisotopic (exact) mass is 457 g/mol. The maximum atomic E-state index is 13.8. The number of nitrogens with one attached hydrogen (secondary N) is 1. The topological polar surface area (TPSA) is 47.0 Å². The van der Waals surface area contributed by atoms with Crippen LogP contribution in [0.25, 0.3) is 0 Å². The smallest absolute Gasteiger partial charge is 0.207 e. The molecule has 0 radical (unpaired) electrons. The van der Waals surface area contributed by atoms with Crippen molar-refractivity contribution in [3.8, 4) is 11.5 Å². The van der Waals surface area contributed by atoms with Gasteiger partial charge in [-0.2, -0.15) is 8.78 Å². The number of aryl methyl sites for hydroxylation is 1. The van der Waals surface area contributed by atoms with Gasteiger partial charge in [-0.15, -0.1) is 0 Å². The maximum absolute atomic E-state index is 13.8. The molecule has 0 amide bonds. The molecule has 0 saturated carbocycles. The number of anilines is 1. The first-order chi connectivity index (χ1) is 14.8. The first-order valence-corrected chi connectivity index (χ1v) is 9.71. The highest BCUT2D eigenvalue weighted by atomic mass is 35.5. The highest BCUT2D eigenvalue weighted by Crippen LogP contribution is 2.34. The van der Waals surface area contributed by atoms with E-state index in [9.17, 15) is 22.0 Å². The molecule has 0 aliphatic rings. The summed E-state index contributed by atoms with van der Waals surface area (Å²) in [5, 5.41) is 3.62. The summed E-state index contributed by atoms with van der Waals surface area (Å²) in [6.07, 6.45) is 2.68. The molecule has 0 bridgehead atoms. The van der Waals surface area contributed by atoms with E-state index in [2.05, 4.69) is 15.3 Å². The molecule has 10 heteroatoms. The number of rotatable bonds is 7. The minimum Gasteiger partial charge on any atom is -0.451 e. The molecule has 0 saturated heterocycles. The van der Waals surface area contributed by atoms with E-state index in [1.165, 1.54) is 18.5 Å². The quantitative estimate of drug-likeness (QED) is 0.242. The van der Waals surface area contributed by atoms with E-state index in [1.807, 2.05) is 13.8 Å². The van der Waals surface area contributed by atoms with Gasteiger partial charge in [0, 0.05) is 0 Å². The molecule has 1 atom stereocenters. The molecule has 0 aliphatic heterocycles. The number of aromatic nitrogens is 2. The molecule has 164 valence electrons. The van der Waals surface area contributed by atoms with Gasteiger partial charge in [0.1, 0.15) is 22.9 Å². The van der Waals surface area contributed by atoms with Gasteiger partial charge in [-0.3, -0.25) is 0 Å². The number of hydrogen-bond acceptors (Lipinski definition) is 4. The summed E-state index contributed by atoms with van der Waals surface area (Å²) in [5.41, 5.74) is 1.46. The normalized spacial score (nSPS) is 12.0. The average Bonchev–Trinajstić information content (AvgIpc) is 2.79. The zero-order valence-electron chi connectivity index (χ0n) is 16.4. The lowest BCUT2D eigenvalue weighted by Crippen LogP contribution is -2.12. The van der Waals surface area contributed by atoms with E-state index >= 15 is 0 Å². The molecule has 1 heterocycles. The van der Waals surface area contributed by atoms with Gasteiger partial charge in [-0.1, -0.05) is 37.6 Å². The molecule has 0 aliphatic carbocycles. The van der Waals surface area contributed by atoms with Crippen LogP contribution in [0.4, 0.5) is 27.8 Å². The Hall–Kier alpha value is -2.94. The van der Waals surface area contributed by atoms with Crippen molar-refractivity contribution in [2.75, 3.05) is 5.32 Å². The number of nitrogens with zero attached hydrogens (tertiary/aromatic N) is 2. The molecule has 31 heavy (non-hydrogen) atoms. The van der Waals surface area contributed by atoms with Crippen molar-refractivity contribution in [2.45, 2.75) is 32.7 Å². The Kier molecular flexibility index (Phi) is 6.94. The van der Waals surface area contributed by atoms with E-state index < -0.39 is 34.8 Å². The molecule has 0 unspecified atom stereocenters. The van der Waals surface area contributed by atoms with Crippen molar-refractivity contribution in [2.24, 2.45) is 0 Å². The van der Waals surface area contributed by atoms with E-state index in [1.54, 1.807) is 12.1 Å². The molecule has 1 N–H and O–H groups in total. The second-order valence-electron chi connectivity index (χ2n) is 6.51. The summed E-state index contributed by atoms with van der Waals surface area (Å²) < 4.78 is 72.4. The predicted molar refractivity (Wildman–Crippen MR) is 106 cm³/mol. The third-order valence-corrected chi connectivity index (χ3v) is 4.98. The molecule has 3 rings (SSSR count). The molecule has 0 spiro atoms. The number of ether oxygens (including phenoxy) is 1. The number of hydrogen-bond donors (Lipinski definition) is 1. The molecule has 3 aromatic rings. The van der Waals surface area contributed by atoms with Crippen molar-refractivity contribution in [3.05, 3.63) is 76.0 Å². The van der Waals surface area contributed by atoms with Crippen LogP contribution in [0.1, 0.15) is 37.6 Å². The summed E-state index contributed by atoms with van der Waals surface area (Å²) in [5.74, 6) is -11.5. The Morgan fingerprint density at radius 2 is 1.48 bits per heavy atom. The van der Waals surface area contributed by atoms with Crippen molar-refractivity contribution in [3.63, 3.8) is 0 Å². The Bertz CT molecular complexity index is 1070. The largest absolute Gasteiger partial charge is 0.451 e. The van der Waals surface area contributed by atoms with Crippen LogP contribution in [0, 0.1) is 29.1 Å². The lowest BCUT2D eigenvalue weighted by Gasteiger charge is -2.20. The van der Waals surface area contributed by atoms with Gasteiger partial charge in [0.15, 0.2) is 0 Å². The fourth-order valence-electron chi connectivity index (χ4n) is 2.90. The van der Waals surface area contributed by atoms with Crippen molar-refractivity contribution >= 4 is 17.4 Å². The summed E-state index contributed by atoms with van der Waals surface area (Å²) in [4.78, 5) is 8.26. The third-order valence-electron chi connectivity index (χ3n) is 4.59. The first kappa shape index (κ1) is 22.7. The van der Waals surface area contributed by atoms with Crippen LogP contribution in [0.15, 0.2) is 30.6 Å².